The lowest BCUT2D eigenvalue weighted by Crippen LogP contribution is -2.55. The van der Waals surface area contributed by atoms with Crippen LogP contribution in [-0.2, 0) is 9.53 Å². The lowest BCUT2D eigenvalue weighted by Gasteiger charge is -2.43. The normalized spacial score (nSPS) is 27.7. The number of methoxy groups -OCH3 is 1. The Morgan fingerprint density at radius 2 is 2.19 bits per heavy atom. The molecule has 16 heavy (non-hydrogen) atoms. The van der Waals surface area contributed by atoms with Gasteiger partial charge in [-0.3, -0.25) is 14.6 Å². The van der Waals surface area contributed by atoms with E-state index in [1.807, 2.05) is 0 Å². The highest BCUT2D eigenvalue weighted by Crippen LogP contribution is 2.20. The first kappa shape index (κ1) is 12.0. The Kier molecular flexibility index (Phi) is 4.32. The van der Waals surface area contributed by atoms with Gasteiger partial charge in [0, 0.05) is 32.8 Å². The molecule has 1 unspecified atom stereocenters. The van der Waals surface area contributed by atoms with Crippen molar-refractivity contribution in [3.05, 3.63) is 0 Å². The van der Waals surface area contributed by atoms with Gasteiger partial charge in [-0.2, -0.15) is 0 Å². The summed E-state index contributed by atoms with van der Waals surface area (Å²) in [5.74, 6) is 0.201. The minimum atomic E-state index is 0.201. The van der Waals surface area contributed by atoms with Crippen LogP contribution in [0.25, 0.3) is 0 Å². The molecule has 0 spiro atoms. The molecule has 0 aliphatic carbocycles. The standard InChI is InChI=1S/C12H22N2O2/c1-16-10-12(15)9-13-6-7-14-5-3-2-4-11(14)8-13/h11H,2-10H2,1H3. The average Bonchev–Trinajstić information content (AvgIpc) is 2.29. The molecule has 0 bridgehead atoms. The fourth-order valence-electron chi connectivity index (χ4n) is 2.82. The fraction of sp³-hybridized carbons (Fsp3) is 0.917. The molecule has 2 aliphatic rings. The van der Waals surface area contributed by atoms with Crippen molar-refractivity contribution in [2.45, 2.75) is 25.3 Å². The zero-order valence-electron chi connectivity index (χ0n) is 10.2. The van der Waals surface area contributed by atoms with Gasteiger partial charge in [0.1, 0.15) is 6.61 Å². The van der Waals surface area contributed by atoms with Crippen molar-refractivity contribution >= 4 is 5.78 Å². The number of hydrogen-bond donors (Lipinski definition) is 0. The van der Waals surface area contributed by atoms with Crippen molar-refractivity contribution in [3.8, 4) is 0 Å². The number of carbonyl (C=O) groups excluding carboxylic acids is 1. The number of rotatable bonds is 4. The maximum absolute atomic E-state index is 11.5. The van der Waals surface area contributed by atoms with E-state index in [9.17, 15) is 4.79 Å². The number of ether oxygens (including phenoxy) is 1. The maximum atomic E-state index is 11.5. The van der Waals surface area contributed by atoms with E-state index in [0.717, 1.165) is 19.6 Å². The summed E-state index contributed by atoms with van der Waals surface area (Å²) in [6.07, 6.45) is 4.00. The van der Waals surface area contributed by atoms with Crippen molar-refractivity contribution in [1.82, 2.24) is 9.80 Å². The Morgan fingerprint density at radius 1 is 1.31 bits per heavy atom. The molecule has 0 aromatic carbocycles. The summed E-state index contributed by atoms with van der Waals surface area (Å²) in [5.41, 5.74) is 0. The maximum Gasteiger partial charge on any atom is 0.172 e. The molecule has 2 fully saturated rings. The first-order valence-electron chi connectivity index (χ1n) is 6.26. The van der Waals surface area contributed by atoms with Crippen LogP contribution < -0.4 is 0 Å². The average molecular weight is 226 g/mol. The second kappa shape index (κ2) is 5.75. The van der Waals surface area contributed by atoms with E-state index in [1.54, 1.807) is 7.11 Å². The van der Waals surface area contributed by atoms with Crippen LogP contribution in [-0.4, -0.2) is 68.1 Å². The third-order valence-electron chi connectivity index (χ3n) is 3.63. The molecule has 2 heterocycles. The Balaban J connectivity index is 1.78. The molecule has 0 radical (unpaired) electrons. The SMILES string of the molecule is COCC(=O)CN1CCN2CCCCC2C1. The summed E-state index contributed by atoms with van der Waals surface area (Å²) in [5, 5.41) is 0. The molecule has 0 aromatic heterocycles. The quantitative estimate of drug-likeness (QED) is 0.693. The minimum absolute atomic E-state index is 0.201. The molecule has 2 saturated heterocycles. The second-order valence-corrected chi connectivity index (χ2v) is 4.89. The number of hydrogen-bond acceptors (Lipinski definition) is 4. The molecule has 0 amide bonds. The third kappa shape index (κ3) is 3.03. The molecule has 0 saturated carbocycles. The van der Waals surface area contributed by atoms with Crippen molar-refractivity contribution in [2.24, 2.45) is 0 Å². The molecule has 0 N–H and O–H groups in total. The van der Waals surface area contributed by atoms with Gasteiger partial charge >= 0.3 is 0 Å². The molecule has 1 atom stereocenters. The van der Waals surface area contributed by atoms with Crippen LogP contribution in [0.3, 0.4) is 0 Å². The van der Waals surface area contributed by atoms with Crippen LogP contribution in [0, 0.1) is 0 Å². The number of Topliss-reactive ketones (excluding diaryl/α,β-unsaturated/α-hetero) is 1. The van der Waals surface area contributed by atoms with Crippen LogP contribution in [0.15, 0.2) is 0 Å². The number of piperazine rings is 1. The monoisotopic (exact) mass is 226 g/mol. The van der Waals surface area contributed by atoms with E-state index in [4.69, 9.17) is 4.74 Å². The zero-order chi connectivity index (χ0) is 11.4. The molecule has 92 valence electrons. The molecule has 0 aromatic rings. The predicted molar refractivity (Wildman–Crippen MR) is 62.5 cm³/mol. The van der Waals surface area contributed by atoms with Gasteiger partial charge in [-0.05, 0) is 19.4 Å². The summed E-state index contributed by atoms with van der Waals surface area (Å²) in [7, 11) is 1.58. The highest BCUT2D eigenvalue weighted by Gasteiger charge is 2.29. The van der Waals surface area contributed by atoms with Crippen LogP contribution >= 0.6 is 0 Å². The van der Waals surface area contributed by atoms with E-state index < -0.39 is 0 Å². The van der Waals surface area contributed by atoms with Gasteiger partial charge in [-0.25, -0.2) is 0 Å². The second-order valence-electron chi connectivity index (χ2n) is 4.89. The lowest BCUT2D eigenvalue weighted by molar-refractivity contribution is -0.124. The molecular weight excluding hydrogens is 204 g/mol. The summed E-state index contributed by atoms with van der Waals surface area (Å²) >= 11 is 0. The number of ketones is 1. The van der Waals surface area contributed by atoms with E-state index in [1.165, 1.54) is 25.8 Å². The van der Waals surface area contributed by atoms with E-state index >= 15 is 0 Å². The lowest BCUT2D eigenvalue weighted by atomic mass is 9.99. The van der Waals surface area contributed by atoms with E-state index in [0.29, 0.717) is 12.6 Å². The first-order chi connectivity index (χ1) is 7.79. The molecule has 2 aliphatic heterocycles. The highest BCUT2D eigenvalue weighted by molar-refractivity contribution is 5.81. The summed E-state index contributed by atoms with van der Waals surface area (Å²) in [6.45, 7) is 5.31. The number of piperidine rings is 1. The summed E-state index contributed by atoms with van der Waals surface area (Å²) < 4.78 is 4.87. The molecular formula is C12H22N2O2. The summed E-state index contributed by atoms with van der Waals surface area (Å²) in [6, 6.07) is 0.692. The molecule has 4 heteroatoms. The van der Waals surface area contributed by atoms with E-state index in [-0.39, 0.29) is 12.4 Å². The highest BCUT2D eigenvalue weighted by atomic mass is 16.5. The van der Waals surface area contributed by atoms with Gasteiger partial charge in [-0.1, -0.05) is 6.42 Å². The fourth-order valence-corrected chi connectivity index (χ4v) is 2.82. The Hall–Kier alpha value is -0.450. The molecule has 2 rings (SSSR count). The smallest absolute Gasteiger partial charge is 0.172 e. The Morgan fingerprint density at radius 3 is 3.00 bits per heavy atom. The first-order valence-corrected chi connectivity index (χ1v) is 6.26. The number of nitrogens with zero attached hydrogens (tertiary/aromatic N) is 2. The number of fused-ring (bicyclic) bond motifs is 1. The van der Waals surface area contributed by atoms with Gasteiger partial charge in [-0.15, -0.1) is 0 Å². The Bertz CT molecular complexity index is 245. The van der Waals surface area contributed by atoms with Gasteiger partial charge < -0.3 is 4.74 Å². The largest absolute Gasteiger partial charge is 0.377 e. The topological polar surface area (TPSA) is 32.8 Å². The van der Waals surface area contributed by atoms with Crippen LogP contribution in [0.4, 0.5) is 0 Å². The van der Waals surface area contributed by atoms with E-state index in [2.05, 4.69) is 9.80 Å². The third-order valence-corrected chi connectivity index (χ3v) is 3.63. The van der Waals surface area contributed by atoms with Crippen molar-refractivity contribution in [3.63, 3.8) is 0 Å². The van der Waals surface area contributed by atoms with Gasteiger partial charge in [0.2, 0.25) is 0 Å². The zero-order valence-corrected chi connectivity index (χ0v) is 10.2. The van der Waals surface area contributed by atoms with Gasteiger partial charge in [0.05, 0.1) is 6.54 Å². The van der Waals surface area contributed by atoms with Crippen molar-refractivity contribution < 1.29 is 9.53 Å². The van der Waals surface area contributed by atoms with Crippen molar-refractivity contribution in [1.29, 1.82) is 0 Å². The molecule has 4 nitrogen and oxygen atoms in total. The van der Waals surface area contributed by atoms with Crippen molar-refractivity contribution in [2.75, 3.05) is 46.4 Å². The van der Waals surface area contributed by atoms with Crippen LogP contribution in [0.1, 0.15) is 19.3 Å². The van der Waals surface area contributed by atoms with Crippen LogP contribution in [0.5, 0.6) is 0 Å². The van der Waals surface area contributed by atoms with Crippen LogP contribution in [0.2, 0.25) is 0 Å². The predicted octanol–water partition coefficient (Wildman–Crippen LogP) is 0.372. The minimum Gasteiger partial charge on any atom is -0.377 e. The van der Waals surface area contributed by atoms with Gasteiger partial charge in [0.15, 0.2) is 5.78 Å². The van der Waals surface area contributed by atoms with Gasteiger partial charge in [0.25, 0.3) is 0 Å². The summed E-state index contributed by atoms with van der Waals surface area (Å²) in [4.78, 5) is 16.4. The Labute approximate surface area is 97.5 Å². The number of carbonyl (C=O) groups is 1.